The van der Waals surface area contributed by atoms with Gasteiger partial charge in [0.2, 0.25) is 0 Å². The lowest BCUT2D eigenvalue weighted by Gasteiger charge is -2.29. The van der Waals surface area contributed by atoms with Crippen molar-refractivity contribution >= 4 is 11.5 Å². The van der Waals surface area contributed by atoms with Crippen LogP contribution < -0.4 is 10.2 Å². The van der Waals surface area contributed by atoms with E-state index in [0.717, 1.165) is 60.2 Å². The fourth-order valence-corrected chi connectivity index (χ4v) is 4.53. The number of benzene rings is 2. The second-order valence-corrected chi connectivity index (χ2v) is 9.13. The number of nitrogens with one attached hydrogen (secondary N) is 1. The summed E-state index contributed by atoms with van der Waals surface area (Å²) >= 11 is 0. The summed E-state index contributed by atoms with van der Waals surface area (Å²) in [5.41, 5.74) is 6.95. The topological polar surface area (TPSA) is 76.1 Å². The van der Waals surface area contributed by atoms with Crippen LogP contribution in [0.5, 0.6) is 0 Å². The van der Waals surface area contributed by atoms with Gasteiger partial charge in [0.15, 0.2) is 5.82 Å². The molecule has 0 aliphatic carbocycles. The highest BCUT2D eigenvalue weighted by molar-refractivity contribution is 5.74. The number of rotatable bonds is 7. The van der Waals surface area contributed by atoms with Crippen LogP contribution in [0.1, 0.15) is 5.56 Å². The molecule has 0 unspecified atom stereocenters. The first-order valence-electron chi connectivity index (χ1n) is 12.8. The lowest BCUT2D eigenvalue weighted by molar-refractivity contribution is 0.122. The summed E-state index contributed by atoms with van der Waals surface area (Å²) in [6.07, 6.45) is 5.50. The van der Waals surface area contributed by atoms with Gasteiger partial charge in [0.05, 0.1) is 18.9 Å². The minimum Gasteiger partial charge on any atom is -0.378 e. The molecule has 1 N–H and O–H groups in total. The summed E-state index contributed by atoms with van der Waals surface area (Å²) in [4.78, 5) is 21.1. The number of hydrogen-bond donors (Lipinski definition) is 1. The Balaban J connectivity index is 1.34. The second kappa shape index (κ2) is 11.2. The third-order valence-electron chi connectivity index (χ3n) is 6.53. The average molecular weight is 501 g/mol. The predicted octanol–water partition coefficient (Wildman–Crippen LogP) is 5.72. The van der Waals surface area contributed by atoms with E-state index in [4.69, 9.17) is 14.7 Å². The smallest absolute Gasteiger partial charge is 0.180 e. The minimum absolute atomic E-state index is 0.568. The van der Waals surface area contributed by atoms with Crippen molar-refractivity contribution in [3.8, 4) is 33.9 Å². The molecule has 2 aromatic carbocycles. The van der Waals surface area contributed by atoms with E-state index in [9.17, 15) is 0 Å². The number of pyridine rings is 2. The molecule has 3 aromatic heterocycles. The van der Waals surface area contributed by atoms with Crippen molar-refractivity contribution in [3.63, 3.8) is 0 Å². The quantitative estimate of drug-likeness (QED) is 0.306. The van der Waals surface area contributed by atoms with Crippen LogP contribution in [-0.2, 0) is 11.3 Å². The summed E-state index contributed by atoms with van der Waals surface area (Å²) < 4.78 is 5.52. The predicted molar refractivity (Wildman–Crippen MR) is 151 cm³/mol. The van der Waals surface area contributed by atoms with Gasteiger partial charge in [0.25, 0.3) is 0 Å². The van der Waals surface area contributed by atoms with Crippen molar-refractivity contribution in [1.29, 1.82) is 0 Å². The molecule has 5 aromatic rings. The molecule has 1 fully saturated rings. The number of ether oxygens (including phenoxy) is 1. The van der Waals surface area contributed by atoms with Crippen LogP contribution in [0.2, 0.25) is 0 Å². The molecule has 0 spiro atoms. The summed E-state index contributed by atoms with van der Waals surface area (Å²) in [5, 5.41) is 3.46. The average Bonchev–Trinajstić information content (AvgIpc) is 3.01. The van der Waals surface area contributed by atoms with Gasteiger partial charge < -0.3 is 15.0 Å². The van der Waals surface area contributed by atoms with E-state index in [1.54, 1.807) is 6.20 Å². The Morgan fingerprint density at radius 1 is 0.737 bits per heavy atom. The van der Waals surface area contributed by atoms with Gasteiger partial charge in [0, 0.05) is 61.1 Å². The van der Waals surface area contributed by atoms with E-state index in [0.29, 0.717) is 12.4 Å². The third-order valence-corrected chi connectivity index (χ3v) is 6.53. The van der Waals surface area contributed by atoms with Gasteiger partial charge >= 0.3 is 0 Å². The molecule has 188 valence electrons. The van der Waals surface area contributed by atoms with Crippen LogP contribution in [-0.4, -0.2) is 46.2 Å². The lowest BCUT2D eigenvalue weighted by atomic mass is 10.0. The van der Waals surface area contributed by atoms with Gasteiger partial charge in [-0.15, -0.1) is 0 Å². The van der Waals surface area contributed by atoms with Gasteiger partial charge in [-0.2, -0.15) is 0 Å². The number of morpholine rings is 1. The fourth-order valence-electron chi connectivity index (χ4n) is 4.53. The second-order valence-electron chi connectivity index (χ2n) is 9.13. The molecule has 1 aliphatic heterocycles. The summed E-state index contributed by atoms with van der Waals surface area (Å²) in [7, 11) is 0. The number of anilines is 2. The molecular formula is C31H28N6O. The molecule has 38 heavy (non-hydrogen) atoms. The highest BCUT2D eigenvalue weighted by atomic mass is 16.5. The Morgan fingerprint density at radius 3 is 2.42 bits per heavy atom. The highest BCUT2D eigenvalue weighted by Crippen LogP contribution is 2.29. The molecule has 7 nitrogen and oxygen atoms in total. The zero-order chi connectivity index (χ0) is 25.6. The summed E-state index contributed by atoms with van der Waals surface area (Å²) in [6, 6.07) is 28.7. The van der Waals surface area contributed by atoms with E-state index >= 15 is 0 Å². The Morgan fingerprint density at radius 2 is 1.58 bits per heavy atom. The van der Waals surface area contributed by atoms with Crippen LogP contribution in [0.4, 0.5) is 11.5 Å². The van der Waals surface area contributed by atoms with Crippen LogP contribution in [0.15, 0.2) is 104 Å². The monoisotopic (exact) mass is 500 g/mol. The van der Waals surface area contributed by atoms with Crippen molar-refractivity contribution in [2.75, 3.05) is 36.5 Å². The van der Waals surface area contributed by atoms with Crippen LogP contribution in [0.25, 0.3) is 33.9 Å². The van der Waals surface area contributed by atoms with E-state index in [1.165, 1.54) is 11.3 Å². The zero-order valence-corrected chi connectivity index (χ0v) is 21.0. The lowest BCUT2D eigenvalue weighted by Crippen LogP contribution is -2.36. The van der Waals surface area contributed by atoms with Gasteiger partial charge in [0.1, 0.15) is 11.5 Å². The van der Waals surface area contributed by atoms with Crippen molar-refractivity contribution in [3.05, 3.63) is 109 Å². The summed E-state index contributed by atoms with van der Waals surface area (Å²) in [6.45, 7) is 3.98. The standard InChI is InChI=1S/C31H28N6O/c1-2-7-23(8-3-1)20-34-30-19-29(35-31(36-30)28-11-4-5-12-33-28)26-17-25(21-32-22-26)24-9-6-10-27(18-24)37-13-15-38-16-14-37/h1-12,17-19,21-22H,13-16,20H2,(H,34,35,36). The molecule has 0 radical (unpaired) electrons. The molecule has 6 rings (SSSR count). The van der Waals surface area contributed by atoms with Gasteiger partial charge in [-0.05, 0) is 41.5 Å². The maximum absolute atomic E-state index is 5.52. The molecule has 0 saturated carbocycles. The van der Waals surface area contributed by atoms with Gasteiger partial charge in [-0.1, -0.05) is 48.5 Å². The van der Waals surface area contributed by atoms with E-state index in [-0.39, 0.29) is 0 Å². The highest BCUT2D eigenvalue weighted by Gasteiger charge is 2.14. The Labute approximate surface area is 222 Å². The molecule has 0 amide bonds. The normalized spacial score (nSPS) is 13.3. The van der Waals surface area contributed by atoms with E-state index in [2.05, 4.69) is 62.6 Å². The van der Waals surface area contributed by atoms with E-state index < -0.39 is 0 Å². The largest absolute Gasteiger partial charge is 0.378 e. The first-order chi connectivity index (χ1) is 18.8. The number of aromatic nitrogens is 4. The molecule has 0 bridgehead atoms. The molecule has 1 saturated heterocycles. The summed E-state index contributed by atoms with van der Waals surface area (Å²) in [5.74, 6) is 1.30. The van der Waals surface area contributed by atoms with Crippen molar-refractivity contribution in [2.45, 2.75) is 6.54 Å². The Kier molecular flexibility index (Phi) is 7.00. The minimum atomic E-state index is 0.568. The third kappa shape index (κ3) is 5.53. The molecular weight excluding hydrogens is 472 g/mol. The maximum Gasteiger partial charge on any atom is 0.180 e. The zero-order valence-electron chi connectivity index (χ0n) is 21.0. The fraction of sp³-hybridized carbons (Fsp3) is 0.161. The Hall–Kier alpha value is -4.62. The molecule has 1 aliphatic rings. The van der Waals surface area contributed by atoms with E-state index in [1.807, 2.05) is 54.9 Å². The molecule has 4 heterocycles. The number of nitrogens with zero attached hydrogens (tertiary/aromatic N) is 5. The van der Waals surface area contributed by atoms with Crippen molar-refractivity contribution < 1.29 is 4.74 Å². The molecule has 7 heteroatoms. The maximum atomic E-state index is 5.52. The van der Waals surface area contributed by atoms with Gasteiger partial charge in [-0.25, -0.2) is 9.97 Å². The van der Waals surface area contributed by atoms with Crippen LogP contribution in [0, 0.1) is 0 Å². The molecule has 0 atom stereocenters. The van der Waals surface area contributed by atoms with Crippen molar-refractivity contribution in [2.24, 2.45) is 0 Å². The SMILES string of the molecule is c1ccc(CNc2cc(-c3cncc(-c4cccc(N5CCOCC5)c4)c3)nc(-c3ccccn3)n2)cc1. The van der Waals surface area contributed by atoms with Crippen molar-refractivity contribution in [1.82, 2.24) is 19.9 Å². The van der Waals surface area contributed by atoms with Gasteiger partial charge in [-0.3, -0.25) is 9.97 Å². The van der Waals surface area contributed by atoms with Crippen LogP contribution >= 0.6 is 0 Å². The van der Waals surface area contributed by atoms with Crippen LogP contribution in [0.3, 0.4) is 0 Å². The first kappa shape index (κ1) is 23.8. The number of hydrogen-bond acceptors (Lipinski definition) is 7. The first-order valence-corrected chi connectivity index (χ1v) is 12.8. The Bertz CT molecular complexity index is 1500.